The Morgan fingerprint density at radius 3 is 2.26 bits per heavy atom. The van der Waals surface area contributed by atoms with Gasteiger partial charge >= 0.3 is 5.97 Å². The predicted molar refractivity (Wildman–Crippen MR) is 141 cm³/mol. The number of hydrogen-bond acceptors (Lipinski definition) is 4. The summed E-state index contributed by atoms with van der Waals surface area (Å²) in [6, 6.07) is 22.6. The molecule has 0 aliphatic rings. The van der Waals surface area contributed by atoms with Gasteiger partial charge in [0, 0.05) is 29.8 Å². The molecule has 0 aliphatic heterocycles. The number of amides is 1. The van der Waals surface area contributed by atoms with Crippen LogP contribution in [0.15, 0.2) is 84.9 Å². The number of aryl methyl sites for hydroxylation is 1. The normalized spacial score (nSPS) is 11.6. The van der Waals surface area contributed by atoms with Gasteiger partial charge in [-0.15, -0.1) is 0 Å². The molecule has 0 spiro atoms. The van der Waals surface area contributed by atoms with Gasteiger partial charge in [-0.1, -0.05) is 60.7 Å². The summed E-state index contributed by atoms with van der Waals surface area (Å²) >= 11 is 0. The number of halogens is 2. The Kier molecular flexibility index (Phi) is 8.01. The highest BCUT2D eigenvalue weighted by atomic mass is 19.1. The van der Waals surface area contributed by atoms with Crippen molar-refractivity contribution in [1.29, 1.82) is 0 Å². The van der Waals surface area contributed by atoms with Crippen LogP contribution in [0.3, 0.4) is 0 Å². The molecule has 0 aromatic heterocycles. The number of hydrogen-bond donors (Lipinski definition) is 4. The predicted octanol–water partition coefficient (Wildman–Crippen LogP) is 5.68. The van der Waals surface area contributed by atoms with E-state index in [-0.39, 0.29) is 24.1 Å². The summed E-state index contributed by atoms with van der Waals surface area (Å²) < 4.78 is 28.2. The molecule has 1 amide bonds. The average Bonchev–Trinajstić information content (AvgIpc) is 2.92. The summed E-state index contributed by atoms with van der Waals surface area (Å²) in [6.07, 6.45) is 0.0865. The monoisotopic (exact) mass is 516 g/mol. The van der Waals surface area contributed by atoms with Gasteiger partial charge in [0.15, 0.2) is 11.6 Å². The lowest BCUT2D eigenvalue weighted by Crippen LogP contribution is -2.42. The number of carbonyl (C=O) groups is 2. The number of nitrogens with one attached hydrogen (secondary N) is 2. The number of aromatic hydroxyl groups is 1. The summed E-state index contributed by atoms with van der Waals surface area (Å²) in [7, 11) is 0. The smallest absolute Gasteiger partial charge is 0.326 e. The van der Waals surface area contributed by atoms with Gasteiger partial charge in [0.05, 0.1) is 0 Å². The summed E-state index contributed by atoms with van der Waals surface area (Å²) in [5.41, 5.74) is 3.76. The molecule has 0 aliphatic carbocycles. The van der Waals surface area contributed by atoms with Crippen molar-refractivity contribution in [2.45, 2.75) is 25.9 Å². The van der Waals surface area contributed by atoms with Crippen LogP contribution in [0, 0.1) is 18.6 Å². The van der Waals surface area contributed by atoms with Gasteiger partial charge in [-0.3, -0.25) is 4.79 Å². The highest BCUT2D eigenvalue weighted by Crippen LogP contribution is 2.25. The number of rotatable bonds is 9. The van der Waals surface area contributed by atoms with Crippen LogP contribution < -0.4 is 10.6 Å². The third kappa shape index (κ3) is 6.15. The van der Waals surface area contributed by atoms with Crippen LogP contribution in [-0.2, 0) is 17.8 Å². The fourth-order valence-electron chi connectivity index (χ4n) is 4.03. The van der Waals surface area contributed by atoms with E-state index in [0.29, 0.717) is 11.3 Å². The van der Waals surface area contributed by atoms with Gasteiger partial charge in [-0.05, 0) is 53.4 Å². The zero-order valence-corrected chi connectivity index (χ0v) is 20.5. The van der Waals surface area contributed by atoms with Gasteiger partial charge in [0.25, 0.3) is 5.91 Å². The lowest BCUT2D eigenvalue weighted by molar-refractivity contribution is -0.139. The summed E-state index contributed by atoms with van der Waals surface area (Å²) in [6.45, 7) is 1.48. The molecule has 8 heteroatoms. The summed E-state index contributed by atoms with van der Waals surface area (Å²) in [4.78, 5) is 24.8. The second-order valence-corrected chi connectivity index (χ2v) is 8.87. The maximum atomic E-state index is 14.1. The Bertz CT molecular complexity index is 1460. The quantitative estimate of drug-likeness (QED) is 0.229. The maximum absolute atomic E-state index is 14.1. The van der Waals surface area contributed by atoms with Crippen molar-refractivity contribution < 1.29 is 28.6 Å². The second-order valence-electron chi connectivity index (χ2n) is 8.87. The third-order valence-corrected chi connectivity index (χ3v) is 6.23. The highest BCUT2D eigenvalue weighted by molar-refractivity contribution is 5.97. The molecule has 38 heavy (non-hydrogen) atoms. The van der Waals surface area contributed by atoms with Gasteiger partial charge in [0.1, 0.15) is 11.9 Å². The number of anilines is 1. The van der Waals surface area contributed by atoms with Crippen molar-refractivity contribution in [3.05, 3.63) is 119 Å². The van der Waals surface area contributed by atoms with E-state index in [4.69, 9.17) is 0 Å². The van der Waals surface area contributed by atoms with Crippen LogP contribution in [0.4, 0.5) is 14.5 Å². The molecule has 4 rings (SSSR count). The number of carboxylic acids is 1. The first kappa shape index (κ1) is 26.3. The molecule has 4 aromatic rings. The molecular formula is C30H26F2N2O4. The minimum absolute atomic E-state index is 0.0865. The first-order chi connectivity index (χ1) is 18.2. The molecular weight excluding hydrogens is 490 g/mol. The van der Waals surface area contributed by atoms with Crippen LogP contribution in [0.1, 0.15) is 27.0 Å². The van der Waals surface area contributed by atoms with E-state index >= 15 is 0 Å². The lowest BCUT2D eigenvalue weighted by atomic mass is 10.0. The fraction of sp³-hybridized carbons (Fsp3) is 0.133. The number of carbonyl (C=O) groups excluding carboxylic acids is 1. The zero-order chi connectivity index (χ0) is 27.2. The molecule has 1 atom stereocenters. The molecule has 0 fully saturated rings. The van der Waals surface area contributed by atoms with E-state index in [0.717, 1.165) is 28.8 Å². The first-order valence-corrected chi connectivity index (χ1v) is 11.9. The van der Waals surface area contributed by atoms with Crippen molar-refractivity contribution in [2.24, 2.45) is 0 Å². The largest absolute Gasteiger partial charge is 0.505 e. The minimum Gasteiger partial charge on any atom is -0.505 e. The molecule has 194 valence electrons. The van der Waals surface area contributed by atoms with Gasteiger partial charge in [0.2, 0.25) is 0 Å². The topological polar surface area (TPSA) is 98.7 Å². The zero-order valence-electron chi connectivity index (χ0n) is 20.5. The molecule has 0 saturated carbocycles. The van der Waals surface area contributed by atoms with Crippen LogP contribution in [-0.4, -0.2) is 28.1 Å². The van der Waals surface area contributed by atoms with Crippen LogP contribution in [0.5, 0.6) is 5.75 Å². The molecule has 0 heterocycles. The molecule has 0 radical (unpaired) electrons. The Hall–Kier alpha value is -4.72. The van der Waals surface area contributed by atoms with E-state index in [9.17, 15) is 28.6 Å². The van der Waals surface area contributed by atoms with E-state index in [1.807, 2.05) is 54.6 Å². The second kappa shape index (κ2) is 11.6. The number of benzene rings is 4. The number of phenols is 1. The maximum Gasteiger partial charge on any atom is 0.326 e. The van der Waals surface area contributed by atoms with Crippen molar-refractivity contribution in [2.75, 3.05) is 5.32 Å². The van der Waals surface area contributed by atoms with Gasteiger partial charge < -0.3 is 20.8 Å². The Morgan fingerprint density at radius 1 is 0.895 bits per heavy atom. The van der Waals surface area contributed by atoms with Gasteiger partial charge in [-0.2, -0.15) is 0 Å². The van der Waals surface area contributed by atoms with E-state index in [2.05, 4.69) is 10.6 Å². The summed E-state index contributed by atoms with van der Waals surface area (Å²) in [5, 5.41) is 24.7. The molecule has 6 nitrogen and oxygen atoms in total. The van der Waals surface area contributed by atoms with Crippen molar-refractivity contribution in [3.8, 4) is 16.9 Å². The number of aliphatic carboxylic acids is 1. The third-order valence-electron chi connectivity index (χ3n) is 6.23. The highest BCUT2D eigenvalue weighted by Gasteiger charge is 2.22. The van der Waals surface area contributed by atoms with E-state index in [1.165, 1.54) is 6.07 Å². The van der Waals surface area contributed by atoms with Gasteiger partial charge in [-0.25, -0.2) is 13.6 Å². The Labute approximate surface area is 218 Å². The minimum atomic E-state index is -1.18. The van der Waals surface area contributed by atoms with Crippen LogP contribution in [0.25, 0.3) is 11.1 Å². The number of phenolic OH excluding ortho intramolecular Hbond substituents is 1. The molecule has 0 unspecified atom stereocenters. The fourth-order valence-corrected chi connectivity index (χ4v) is 4.03. The standard InChI is InChI=1S/C30H26F2N2O4/c1-18-7-10-22(16-25(18)33-17-23-24(31)13-14-27(35)28(23)32)29(36)34-26(30(37)38)15-19-8-11-21(12-9-19)20-5-3-2-4-6-20/h2-14,16,26,33,35H,15,17H2,1H3,(H,34,36)(H,37,38)/t26-/m0/s1. The van der Waals surface area contributed by atoms with Crippen molar-refractivity contribution in [3.63, 3.8) is 0 Å². The van der Waals surface area contributed by atoms with Crippen molar-refractivity contribution in [1.82, 2.24) is 5.32 Å². The number of carboxylic acid groups (broad SMARTS) is 1. The first-order valence-electron chi connectivity index (χ1n) is 11.9. The van der Waals surface area contributed by atoms with E-state index in [1.54, 1.807) is 19.1 Å². The summed E-state index contributed by atoms with van der Waals surface area (Å²) in [5.74, 6) is -4.32. The molecule has 4 N–H and O–H groups in total. The Morgan fingerprint density at radius 2 is 1.58 bits per heavy atom. The Balaban J connectivity index is 1.45. The molecule has 0 bridgehead atoms. The lowest BCUT2D eigenvalue weighted by Gasteiger charge is -2.17. The molecule has 0 saturated heterocycles. The average molecular weight is 517 g/mol. The SMILES string of the molecule is Cc1ccc(C(=O)N[C@@H](Cc2ccc(-c3ccccc3)cc2)C(=O)O)cc1NCc1c(F)ccc(O)c1F. The van der Waals surface area contributed by atoms with Crippen LogP contribution >= 0.6 is 0 Å². The molecule has 4 aromatic carbocycles. The van der Waals surface area contributed by atoms with Crippen molar-refractivity contribution >= 4 is 17.6 Å². The van der Waals surface area contributed by atoms with E-state index < -0.39 is 35.3 Å². The van der Waals surface area contributed by atoms with Crippen LogP contribution in [0.2, 0.25) is 0 Å².